The van der Waals surface area contributed by atoms with Crippen LogP contribution >= 0.6 is 0 Å². The minimum Gasteiger partial charge on any atom is -0.496 e. The third kappa shape index (κ3) is 5.25. The number of esters is 1. The molecular weight excluding hydrogens is 425 g/mol. The molecular formula is C26H30FNO5. The van der Waals surface area contributed by atoms with Gasteiger partial charge in [-0.1, -0.05) is 18.2 Å². The van der Waals surface area contributed by atoms with Crippen LogP contribution < -0.4 is 4.74 Å². The van der Waals surface area contributed by atoms with E-state index in [-0.39, 0.29) is 42.1 Å². The van der Waals surface area contributed by atoms with Crippen LogP contribution in [0.2, 0.25) is 0 Å². The molecule has 1 amide bonds. The van der Waals surface area contributed by atoms with Crippen LogP contribution in [-0.4, -0.2) is 56.8 Å². The highest BCUT2D eigenvalue weighted by Crippen LogP contribution is 2.46. The maximum Gasteiger partial charge on any atom is 0.309 e. The molecule has 0 bridgehead atoms. The molecule has 3 atom stereocenters. The smallest absolute Gasteiger partial charge is 0.309 e. The molecule has 1 saturated carbocycles. The van der Waals surface area contributed by atoms with Crippen LogP contribution in [0.4, 0.5) is 4.39 Å². The van der Waals surface area contributed by atoms with Crippen molar-refractivity contribution in [2.45, 2.75) is 18.8 Å². The van der Waals surface area contributed by atoms with E-state index in [0.29, 0.717) is 35.3 Å². The highest BCUT2D eigenvalue weighted by Gasteiger charge is 2.41. The van der Waals surface area contributed by atoms with Gasteiger partial charge in [-0.05, 0) is 60.2 Å². The van der Waals surface area contributed by atoms with Crippen molar-refractivity contribution < 1.29 is 28.6 Å². The predicted molar refractivity (Wildman–Crippen MR) is 123 cm³/mol. The number of aliphatic hydroxyl groups is 1. The molecule has 0 heterocycles. The van der Waals surface area contributed by atoms with Crippen LogP contribution in [0.5, 0.6) is 5.75 Å². The highest BCUT2D eigenvalue weighted by atomic mass is 19.1. The number of ether oxygens (including phenoxy) is 2. The summed E-state index contributed by atoms with van der Waals surface area (Å²) in [6, 6.07) is 11.3. The number of carbonyl (C=O) groups is 2. The van der Waals surface area contributed by atoms with Gasteiger partial charge < -0.3 is 19.5 Å². The predicted octanol–water partition coefficient (Wildman–Crippen LogP) is 3.89. The Hall–Kier alpha value is -3.19. The molecule has 3 rings (SSSR count). The molecule has 176 valence electrons. The fourth-order valence-electron chi connectivity index (χ4n) is 4.63. The lowest BCUT2D eigenvalue weighted by Crippen LogP contribution is -2.22. The van der Waals surface area contributed by atoms with E-state index in [2.05, 4.69) is 0 Å². The fourth-order valence-corrected chi connectivity index (χ4v) is 4.63. The number of aliphatic hydroxyl groups excluding tert-OH is 1. The van der Waals surface area contributed by atoms with E-state index in [9.17, 15) is 19.1 Å². The summed E-state index contributed by atoms with van der Waals surface area (Å²) in [6.45, 7) is -0.272. The number of methoxy groups -OCH3 is 2. The average molecular weight is 456 g/mol. The van der Waals surface area contributed by atoms with Crippen molar-refractivity contribution in [1.29, 1.82) is 0 Å². The Morgan fingerprint density at radius 2 is 1.82 bits per heavy atom. The van der Waals surface area contributed by atoms with Gasteiger partial charge in [-0.15, -0.1) is 0 Å². The Bertz CT molecular complexity index is 1030. The number of benzene rings is 2. The first-order chi connectivity index (χ1) is 15.8. The van der Waals surface area contributed by atoms with E-state index in [0.717, 1.165) is 5.56 Å². The van der Waals surface area contributed by atoms with E-state index in [1.807, 2.05) is 6.08 Å². The number of carbonyl (C=O) groups excluding carboxylic acids is 2. The number of halogens is 1. The van der Waals surface area contributed by atoms with Crippen LogP contribution in [-0.2, 0) is 9.53 Å². The SMILES string of the molecule is COC(=O)C1CCC(/C=C(\CO)c2cc(C(=O)N(C)C)ccc2OC)[C@@H]1c1ccc(F)cc1. The van der Waals surface area contributed by atoms with Gasteiger partial charge in [0.25, 0.3) is 5.91 Å². The van der Waals surface area contributed by atoms with Crippen LogP contribution in [0.3, 0.4) is 0 Å². The molecule has 0 aromatic heterocycles. The fraction of sp³-hybridized carbons (Fsp3) is 0.385. The molecule has 1 fully saturated rings. The van der Waals surface area contributed by atoms with Crippen molar-refractivity contribution in [1.82, 2.24) is 4.90 Å². The molecule has 2 aromatic carbocycles. The van der Waals surface area contributed by atoms with Gasteiger partial charge in [-0.25, -0.2) is 4.39 Å². The largest absolute Gasteiger partial charge is 0.496 e. The third-order valence-electron chi connectivity index (χ3n) is 6.25. The first-order valence-corrected chi connectivity index (χ1v) is 10.9. The van der Waals surface area contributed by atoms with Crippen molar-refractivity contribution in [2.75, 3.05) is 34.9 Å². The molecule has 7 heteroatoms. The van der Waals surface area contributed by atoms with Gasteiger partial charge in [0.05, 0.1) is 26.7 Å². The molecule has 1 aliphatic carbocycles. The second-order valence-corrected chi connectivity index (χ2v) is 8.41. The van der Waals surface area contributed by atoms with Crippen LogP contribution in [0.25, 0.3) is 5.57 Å². The van der Waals surface area contributed by atoms with Gasteiger partial charge in [0, 0.05) is 31.1 Å². The van der Waals surface area contributed by atoms with E-state index < -0.39 is 0 Å². The van der Waals surface area contributed by atoms with E-state index in [1.54, 1.807) is 44.4 Å². The van der Waals surface area contributed by atoms with E-state index in [1.165, 1.54) is 31.3 Å². The van der Waals surface area contributed by atoms with Gasteiger partial charge in [0.15, 0.2) is 0 Å². The molecule has 0 saturated heterocycles. The third-order valence-corrected chi connectivity index (χ3v) is 6.25. The van der Waals surface area contributed by atoms with Crippen LogP contribution in [0, 0.1) is 17.7 Å². The molecule has 1 N–H and O–H groups in total. The molecule has 0 aliphatic heterocycles. The quantitative estimate of drug-likeness (QED) is 0.641. The van der Waals surface area contributed by atoms with Crippen molar-refractivity contribution in [2.24, 2.45) is 11.8 Å². The van der Waals surface area contributed by atoms with Gasteiger partial charge in [0.2, 0.25) is 0 Å². The Morgan fingerprint density at radius 3 is 2.39 bits per heavy atom. The summed E-state index contributed by atoms with van der Waals surface area (Å²) < 4.78 is 24.1. The molecule has 0 spiro atoms. The second kappa shape index (κ2) is 10.6. The molecule has 2 unspecified atom stereocenters. The standard InChI is InChI=1S/C26H30FNO5/c1-28(2)25(30)18-8-12-23(32-3)22(14-18)19(15-29)13-17-7-11-21(26(31)33-4)24(17)16-5-9-20(27)10-6-16/h5-6,8-10,12-14,17,21,24,29H,7,11,15H2,1-4H3/b19-13+/t17?,21?,24-/m0/s1. The summed E-state index contributed by atoms with van der Waals surface area (Å²) in [7, 11) is 6.25. The van der Waals surface area contributed by atoms with Crippen molar-refractivity contribution in [3.8, 4) is 5.75 Å². The summed E-state index contributed by atoms with van der Waals surface area (Å²) in [5.41, 5.74) is 2.53. The zero-order valence-electron chi connectivity index (χ0n) is 19.4. The minimum absolute atomic E-state index is 0.0976. The van der Waals surface area contributed by atoms with Crippen LogP contribution in [0.15, 0.2) is 48.5 Å². The minimum atomic E-state index is -0.370. The normalized spacial score (nSPS) is 20.4. The zero-order chi connectivity index (χ0) is 24.1. The summed E-state index contributed by atoms with van der Waals surface area (Å²) in [5.74, 6) is -0.969. The lowest BCUT2D eigenvalue weighted by molar-refractivity contribution is -0.145. The second-order valence-electron chi connectivity index (χ2n) is 8.41. The lowest BCUT2D eigenvalue weighted by atomic mass is 9.81. The van der Waals surface area contributed by atoms with Crippen molar-refractivity contribution in [3.63, 3.8) is 0 Å². The highest BCUT2D eigenvalue weighted by molar-refractivity contribution is 5.95. The number of allylic oxidation sites excluding steroid dienone is 1. The van der Waals surface area contributed by atoms with E-state index in [4.69, 9.17) is 9.47 Å². The van der Waals surface area contributed by atoms with E-state index >= 15 is 0 Å². The van der Waals surface area contributed by atoms with Crippen LogP contribution in [0.1, 0.15) is 40.2 Å². The first kappa shape index (κ1) is 24.5. The van der Waals surface area contributed by atoms with Gasteiger partial charge in [-0.3, -0.25) is 9.59 Å². The maximum atomic E-state index is 13.5. The number of amides is 1. The Balaban J connectivity index is 2.06. The summed E-state index contributed by atoms with van der Waals surface area (Å²) in [6.07, 6.45) is 3.26. The van der Waals surface area contributed by atoms with Crippen molar-refractivity contribution >= 4 is 17.4 Å². The molecule has 1 aliphatic rings. The lowest BCUT2D eigenvalue weighted by Gasteiger charge is -2.23. The molecule has 6 nitrogen and oxygen atoms in total. The Labute approximate surface area is 193 Å². The Morgan fingerprint density at radius 1 is 1.12 bits per heavy atom. The molecule has 0 radical (unpaired) electrons. The van der Waals surface area contributed by atoms with Gasteiger partial charge >= 0.3 is 5.97 Å². The topological polar surface area (TPSA) is 76.1 Å². The summed E-state index contributed by atoms with van der Waals surface area (Å²) in [5, 5.41) is 10.3. The Kier molecular flexibility index (Phi) is 7.87. The summed E-state index contributed by atoms with van der Waals surface area (Å²) >= 11 is 0. The number of rotatable bonds is 7. The number of nitrogens with zero attached hydrogens (tertiary/aromatic N) is 1. The zero-order valence-corrected chi connectivity index (χ0v) is 19.4. The molecule has 2 aromatic rings. The van der Waals surface area contributed by atoms with Gasteiger partial charge in [-0.2, -0.15) is 0 Å². The molecule has 33 heavy (non-hydrogen) atoms. The first-order valence-electron chi connectivity index (χ1n) is 10.9. The van der Waals surface area contributed by atoms with Crippen molar-refractivity contribution in [3.05, 3.63) is 71.0 Å². The summed E-state index contributed by atoms with van der Waals surface area (Å²) in [4.78, 5) is 26.5. The number of hydrogen-bond acceptors (Lipinski definition) is 5. The monoisotopic (exact) mass is 455 g/mol. The maximum absolute atomic E-state index is 13.5. The number of hydrogen-bond donors (Lipinski definition) is 1. The van der Waals surface area contributed by atoms with Gasteiger partial charge in [0.1, 0.15) is 11.6 Å². The average Bonchev–Trinajstić information content (AvgIpc) is 3.25.